The van der Waals surface area contributed by atoms with Crippen LogP contribution in [-0.4, -0.2) is 14.8 Å². The quantitative estimate of drug-likeness (QED) is 0.922. The Morgan fingerprint density at radius 2 is 2.10 bits per heavy atom. The molecule has 0 bridgehead atoms. The van der Waals surface area contributed by atoms with Crippen LogP contribution in [0.1, 0.15) is 41.7 Å². The molecule has 0 radical (unpaired) electrons. The van der Waals surface area contributed by atoms with Crippen molar-refractivity contribution in [2.75, 3.05) is 0 Å². The normalized spacial score (nSPS) is 15.6. The van der Waals surface area contributed by atoms with E-state index >= 15 is 0 Å². The van der Waals surface area contributed by atoms with Gasteiger partial charge in [0, 0.05) is 19.5 Å². The van der Waals surface area contributed by atoms with Crippen molar-refractivity contribution in [3.8, 4) is 0 Å². The fraction of sp³-hybridized carbons (Fsp3) is 0.538. The highest BCUT2D eigenvalue weighted by atomic mass is 19.4. The van der Waals surface area contributed by atoms with Gasteiger partial charge in [0.15, 0.2) is 5.89 Å². The minimum atomic E-state index is -4.39. The second kappa shape index (κ2) is 5.18. The number of alkyl halides is 3. The maximum atomic E-state index is 12.8. The van der Waals surface area contributed by atoms with Gasteiger partial charge >= 0.3 is 6.18 Å². The van der Waals surface area contributed by atoms with Gasteiger partial charge in [-0.1, -0.05) is 0 Å². The molecule has 8 heteroatoms. The summed E-state index contributed by atoms with van der Waals surface area (Å²) in [7, 11) is 1.49. The monoisotopic (exact) mass is 300 g/mol. The summed E-state index contributed by atoms with van der Waals surface area (Å²) in [5.41, 5.74) is -0.613. The van der Waals surface area contributed by atoms with Crippen molar-refractivity contribution in [3.05, 3.63) is 35.3 Å². The lowest BCUT2D eigenvalue weighted by atomic mass is 10.2. The lowest BCUT2D eigenvalue weighted by molar-refractivity contribution is -0.138. The Balaban J connectivity index is 1.61. The van der Waals surface area contributed by atoms with E-state index < -0.39 is 11.7 Å². The molecule has 2 heterocycles. The molecule has 0 amide bonds. The molecule has 1 aliphatic carbocycles. The van der Waals surface area contributed by atoms with Gasteiger partial charge in [-0.3, -0.25) is 4.68 Å². The lowest BCUT2D eigenvalue weighted by Gasteiger charge is -2.09. The van der Waals surface area contributed by atoms with Gasteiger partial charge < -0.3 is 9.73 Å². The number of aromatic nitrogens is 3. The number of oxazole rings is 1. The summed E-state index contributed by atoms with van der Waals surface area (Å²) in [6.45, 7) is 0.396. The molecular weight excluding hydrogens is 285 g/mol. The zero-order chi connectivity index (χ0) is 15.0. The molecule has 1 N–H and O–H groups in total. The van der Waals surface area contributed by atoms with Crippen molar-refractivity contribution >= 4 is 0 Å². The third-order valence-electron chi connectivity index (χ3n) is 3.46. The molecular formula is C13H15F3N4O. The predicted octanol–water partition coefficient (Wildman–Crippen LogP) is 2.59. The zero-order valence-electron chi connectivity index (χ0n) is 11.4. The first-order valence-corrected chi connectivity index (χ1v) is 6.68. The fourth-order valence-corrected chi connectivity index (χ4v) is 2.14. The van der Waals surface area contributed by atoms with Gasteiger partial charge in [0.2, 0.25) is 0 Å². The maximum Gasteiger partial charge on any atom is 0.419 e. The molecule has 0 aliphatic heterocycles. The minimum absolute atomic E-state index is 0.0603. The summed E-state index contributed by atoms with van der Waals surface area (Å²) in [6, 6.07) is 0. The van der Waals surface area contributed by atoms with Crippen molar-refractivity contribution < 1.29 is 17.6 Å². The average Bonchev–Trinajstić information content (AvgIpc) is 3.03. The zero-order valence-corrected chi connectivity index (χ0v) is 11.4. The molecule has 1 saturated carbocycles. The highest BCUT2D eigenvalue weighted by Gasteiger charge is 2.35. The number of rotatable bonds is 5. The first kappa shape index (κ1) is 14.1. The van der Waals surface area contributed by atoms with Crippen LogP contribution in [0.25, 0.3) is 0 Å². The van der Waals surface area contributed by atoms with E-state index in [4.69, 9.17) is 4.42 Å². The molecule has 5 nitrogen and oxygen atoms in total. The molecule has 0 unspecified atom stereocenters. The number of nitrogens with one attached hydrogen (secondary N) is 1. The van der Waals surface area contributed by atoms with E-state index in [1.54, 1.807) is 6.20 Å². The van der Waals surface area contributed by atoms with E-state index in [2.05, 4.69) is 15.4 Å². The molecule has 114 valence electrons. The standard InChI is InChI=1S/C13H15F3N4O/c1-20-11(10(6-19-20)13(14,15)16)7-17-4-9-5-18-12(21-9)8-2-3-8/h5-6,8,17H,2-4,7H2,1H3. The smallest absolute Gasteiger partial charge is 0.419 e. The molecule has 0 spiro atoms. The number of hydrogen-bond donors (Lipinski definition) is 1. The van der Waals surface area contributed by atoms with E-state index in [-0.39, 0.29) is 12.2 Å². The Labute approximate surface area is 119 Å². The Morgan fingerprint density at radius 1 is 1.33 bits per heavy atom. The van der Waals surface area contributed by atoms with Crippen LogP contribution in [-0.2, 0) is 26.3 Å². The Hall–Kier alpha value is -1.83. The second-order valence-electron chi connectivity index (χ2n) is 5.17. The SMILES string of the molecule is Cn1ncc(C(F)(F)F)c1CNCc1cnc(C2CC2)o1. The summed E-state index contributed by atoms with van der Waals surface area (Å²) >= 11 is 0. The number of hydrogen-bond acceptors (Lipinski definition) is 4. The molecule has 2 aromatic heterocycles. The number of halogens is 3. The largest absolute Gasteiger partial charge is 0.444 e. The molecule has 3 rings (SSSR count). The summed E-state index contributed by atoms with van der Waals surface area (Å²) in [6.07, 6.45) is 0.260. The van der Waals surface area contributed by atoms with Crippen molar-refractivity contribution in [2.45, 2.75) is 38.0 Å². The van der Waals surface area contributed by atoms with Crippen molar-refractivity contribution in [3.63, 3.8) is 0 Å². The van der Waals surface area contributed by atoms with E-state index in [0.717, 1.165) is 24.9 Å². The summed E-state index contributed by atoms with van der Waals surface area (Å²) < 4.78 is 45.2. The van der Waals surface area contributed by atoms with E-state index in [1.807, 2.05) is 0 Å². The third kappa shape index (κ3) is 3.10. The summed E-state index contributed by atoms with van der Waals surface area (Å²) in [4.78, 5) is 4.16. The van der Waals surface area contributed by atoms with Crippen LogP contribution in [0.2, 0.25) is 0 Å². The van der Waals surface area contributed by atoms with Crippen molar-refractivity contribution in [1.82, 2.24) is 20.1 Å². The molecule has 0 aromatic carbocycles. The van der Waals surface area contributed by atoms with Gasteiger partial charge in [0.1, 0.15) is 5.76 Å². The van der Waals surface area contributed by atoms with Gasteiger partial charge in [0.25, 0.3) is 0 Å². The molecule has 1 fully saturated rings. The van der Waals surface area contributed by atoms with Crippen LogP contribution < -0.4 is 5.32 Å². The first-order chi connectivity index (χ1) is 9.95. The molecule has 21 heavy (non-hydrogen) atoms. The maximum absolute atomic E-state index is 12.8. The van der Waals surface area contributed by atoms with Crippen molar-refractivity contribution in [1.29, 1.82) is 0 Å². The van der Waals surface area contributed by atoms with Gasteiger partial charge in [-0.2, -0.15) is 18.3 Å². The number of aryl methyl sites for hydroxylation is 1. The number of nitrogens with zero attached hydrogens (tertiary/aromatic N) is 3. The van der Waals surface area contributed by atoms with E-state index in [0.29, 0.717) is 18.2 Å². The highest BCUT2D eigenvalue weighted by Crippen LogP contribution is 2.39. The summed E-state index contributed by atoms with van der Waals surface area (Å²) in [5, 5.41) is 6.60. The minimum Gasteiger partial charge on any atom is -0.444 e. The summed E-state index contributed by atoms with van der Waals surface area (Å²) in [5.74, 6) is 1.78. The van der Waals surface area contributed by atoms with Crippen LogP contribution in [0, 0.1) is 0 Å². The van der Waals surface area contributed by atoms with Crippen LogP contribution in [0.5, 0.6) is 0 Å². The molecule has 0 atom stereocenters. The topological polar surface area (TPSA) is 55.9 Å². The molecule has 2 aromatic rings. The third-order valence-corrected chi connectivity index (χ3v) is 3.46. The van der Waals surface area contributed by atoms with Crippen LogP contribution in [0.4, 0.5) is 13.2 Å². The van der Waals surface area contributed by atoms with Crippen LogP contribution >= 0.6 is 0 Å². The Bertz CT molecular complexity index is 628. The Morgan fingerprint density at radius 3 is 2.76 bits per heavy atom. The highest BCUT2D eigenvalue weighted by molar-refractivity contribution is 5.21. The predicted molar refractivity (Wildman–Crippen MR) is 67.2 cm³/mol. The van der Waals surface area contributed by atoms with Gasteiger partial charge in [-0.15, -0.1) is 0 Å². The van der Waals surface area contributed by atoms with Crippen LogP contribution in [0.3, 0.4) is 0 Å². The van der Waals surface area contributed by atoms with E-state index in [1.165, 1.54) is 11.7 Å². The van der Waals surface area contributed by atoms with Crippen molar-refractivity contribution in [2.24, 2.45) is 7.05 Å². The van der Waals surface area contributed by atoms with Gasteiger partial charge in [-0.05, 0) is 12.8 Å². The molecule has 1 aliphatic rings. The van der Waals surface area contributed by atoms with Gasteiger partial charge in [0.05, 0.1) is 30.2 Å². The lowest BCUT2D eigenvalue weighted by Crippen LogP contribution is -2.18. The Kier molecular flexibility index (Phi) is 3.48. The fourth-order valence-electron chi connectivity index (χ4n) is 2.14. The first-order valence-electron chi connectivity index (χ1n) is 6.68. The second-order valence-corrected chi connectivity index (χ2v) is 5.17. The van der Waals surface area contributed by atoms with Gasteiger partial charge in [-0.25, -0.2) is 4.98 Å². The average molecular weight is 300 g/mol. The molecule has 0 saturated heterocycles. The van der Waals surface area contributed by atoms with Crippen LogP contribution in [0.15, 0.2) is 16.8 Å². The van der Waals surface area contributed by atoms with E-state index in [9.17, 15) is 13.2 Å².